The van der Waals surface area contributed by atoms with Crippen LogP contribution in [-0.4, -0.2) is 44.3 Å². The van der Waals surface area contributed by atoms with Gasteiger partial charge < -0.3 is 10.1 Å². The first-order valence-electron chi connectivity index (χ1n) is 6.18. The molecular weight excluding hydrogens is 312 g/mol. The molecule has 0 bridgehead atoms. The van der Waals surface area contributed by atoms with Gasteiger partial charge in [-0.2, -0.15) is 0 Å². The lowest BCUT2D eigenvalue weighted by Gasteiger charge is -2.28. The molecule has 0 saturated heterocycles. The Balaban J connectivity index is 2.50. The second-order valence-electron chi connectivity index (χ2n) is 4.85. The van der Waals surface area contributed by atoms with Crippen molar-refractivity contribution in [3.63, 3.8) is 0 Å². The first kappa shape index (κ1) is 16.1. The first-order chi connectivity index (χ1) is 8.52. The van der Waals surface area contributed by atoms with Gasteiger partial charge in [0, 0.05) is 32.3 Å². The third kappa shape index (κ3) is 5.80. The molecule has 1 heterocycles. The molecule has 1 aromatic rings. The van der Waals surface area contributed by atoms with Crippen molar-refractivity contribution >= 4 is 27.3 Å². The minimum atomic E-state index is 0.399. The summed E-state index contributed by atoms with van der Waals surface area (Å²) in [5, 5.41) is 5.67. The molecular formula is C13H23BrN2OS. The summed E-state index contributed by atoms with van der Waals surface area (Å²) in [5.74, 6) is 0. The van der Waals surface area contributed by atoms with E-state index in [4.69, 9.17) is 4.74 Å². The Morgan fingerprint density at radius 3 is 2.72 bits per heavy atom. The monoisotopic (exact) mass is 334 g/mol. The molecule has 1 N–H and O–H groups in total. The van der Waals surface area contributed by atoms with Crippen molar-refractivity contribution in [2.45, 2.75) is 32.5 Å². The van der Waals surface area contributed by atoms with Crippen molar-refractivity contribution in [1.29, 1.82) is 0 Å². The Bertz CT molecular complexity index is 343. The van der Waals surface area contributed by atoms with Gasteiger partial charge in [0.15, 0.2) is 0 Å². The van der Waals surface area contributed by atoms with E-state index in [-0.39, 0.29) is 0 Å². The van der Waals surface area contributed by atoms with Crippen LogP contribution in [0.25, 0.3) is 0 Å². The Hall–Kier alpha value is 0.0600. The van der Waals surface area contributed by atoms with Crippen LogP contribution in [0.5, 0.6) is 0 Å². The van der Waals surface area contributed by atoms with Crippen LogP contribution in [-0.2, 0) is 11.3 Å². The van der Waals surface area contributed by atoms with Crippen molar-refractivity contribution < 1.29 is 4.74 Å². The summed E-state index contributed by atoms with van der Waals surface area (Å²) in [4.78, 5) is 2.34. The molecule has 0 aliphatic carbocycles. The molecule has 1 unspecified atom stereocenters. The maximum absolute atomic E-state index is 5.31. The highest BCUT2D eigenvalue weighted by Gasteiger charge is 2.15. The number of hydrogen-bond donors (Lipinski definition) is 1. The number of likely N-dealkylation sites (N-methyl/N-ethyl adjacent to an activating group) is 1. The lowest BCUT2D eigenvalue weighted by atomic mass is 10.2. The quantitative estimate of drug-likeness (QED) is 0.791. The van der Waals surface area contributed by atoms with E-state index in [1.165, 1.54) is 9.35 Å². The summed E-state index contributed by atoms with van der Waals surface area (Å²) in [6.07, 6.45) is 0. The molecule has 1 atom stereocenters. The maximum atomic E-state index is 5.31. The SMILES string of the molecule is COCC(CNC(C)C)N(C)Cc1csc(Br)c1. The van der Waals surface area contributed by atoms with Gasteiger partial charge in [0.25, 0.3) is 0 Å². The van der Waals surface area contributed by atoms with E-state index in [9.17, 15) is 0 Å². The number of methoxy groups -OCH3 is 1. The molecule has 104 valence electrons. The van der Waals surface area contributed by atoms with Gasteiger partial charge in [-0.25, -0.2) is 0 Å². The lowest BCUT2D eigenvalue weighted by molar-refractivity contribution is 0.100. The van der Waals surface area contributed by atoms with Crippen molar-refractivity contribution in [2.24, 2.45) is 0 Å². The van der Waals surface area contributed by atoms with Gasteiger partial charge in [-0.15, -0.1) is 11.3 Å². The van der Waals surface area contributed by atoms with E-state index in [1.54, 1.807) is 18.4 Å². The summed E-state index contributed by atoms with van der Waals surface area (Å²) in [5.41, 5.74) is 1.35. The van der Waals surface area contributed by atoms with Gasteiger partial charge in [0.1, 0.15) is 0 Å². The molecule has 0 fully saturated rings. The third-order valence-corrected chi connectivity index (χ3v) is 4.35. The fraction of sp³-hybridized carbons (Fsp3) is 0.692. The number of ether oxygens (including phenoxy) is 1. The molecule has 0 spiro atoms. The molecule has 0 amide bonds. The van der Waals surface area contributed by atoms with Crippen molar-refractivity contribution in [3.8, 4) is 0 Å². The third-order valence-electron chi connectivity index (χ3n) is 2.80. The average Bonchev–Trinajstić information content (AvgIpc) is 2.69. The van der Waals surface area contributed by atoms with Gasteiger partial charge in [0.2, 0.25) is 0 Å². The summed E-state index contributed by atoms with van der Waals surface area (Å²) in [7, 11) is 3.91. The molecule has 0 saturated carbocycles. The van der Waals surface area contributed by atoms with Crippen molar-refractivity contribution in [2.75, 3.05) is 27.3 Å². The van der Waals surface area contributed by atoms with Crippen LogP contribution in [0.3, 0.4) is 0 Å². The molecule has 18 heavy (non-hydrogen) atoms. The largest absolute Gasteiger partial charge is 0.383 e. The topological polar surface area (TPSA) is 24.5 Å². The number of hydrogen-bond acceptors (Lipinski definition) is 4. The molecule has 0 radical (unpaired) electrons. The van der Waals surface area contributed by atoms with Crippen LogP contribution in [0.1, 0.15) is 19.4 Å². The van der Waals surface area contributed by atoms with Crippen LogP contribution in [0.15, 0.2) is 15.2 Å². The Labute approximate surface area is 123 Å². The highest BCUT2D eigenvalue weighted by atomic mass is 79.9. The fourth-order valence-corrected chi connectivity index (χ4v) is 2.95. The normalized spacial score (nSPS) is 13.5. The van der Waals surface area contributed by atoms with E-state index in [2.05, 4.69) is 58.5 Å². The highest BCUT2D eigenvalue weighted by Crippen LogP contribution is 2.21. The van der Waals surface area contributed by atoms with Crippen LogP contribution in [0.4, 0.5) is 0 Å². The number of thiophene rings is 1. The predicted molar refractivity (Wildman–Crippen MR) is 82.3 cm³/mol. The molecule has 1 rings (SSSR count). The standard InChI is InChI=1S/C13H23BrN2OS/c1-10(2)15-6-12(8-17-4)16(3)7-11-5-13(14)18-9-11/h5,9-10,12,15H,6-8H2,1-4H3. The van der Waals surface area contributed by atoms with Gasteiger partial charge >= 0.3 is 0 Å². The fourth-order valence-electron chi connectivity index (χ4n) is 1.75. The van der Waals surface area contributed by atoms with Crippen LogP contribution in [0, 0.1) is 0 Å². The zero-order chi connectivity index (χ0) is 13.5. The summed E-state index contributed by atoms with van der Waals surface area (Å²) in [6, 6.07) is 3.09. The van der Waals surface area contributed by atoms with Crippen molar-refractivity contribution in [1.82, 2.24) is 10.2 Å². The Morgan fingerprint density at radius 2 is 2.22 bits per heavy atom. The maximum Gasteiger partial charge on any atom is 0.0701 e. The zero-order valence-electron chi connectivity index (χ0n) is 11.6. The van der Waals surface area contributed by atoms with Crippen LogP contribution in [0.2, 0.25) is 0 Å². The van der Waals surface area contributed by atoms with E-state index in [1.807, 2.05) is 0 Å². The van der Waals surface area contributed by atoms with Crippen LogP contribution < -0.4 is 5.32 Å². The summed E-state index contributed by atoms with van der Waals surface area (Å²) >= 11 is 5.24. The average molecular weight is 335 g/mol. The van der Waals surface area contributed by atoms with Gasteiger partial charge in [-0.1, -0.05) is 13.8 Å². The van der Waals surface area contributed by atoms with Gasteiger partial charge in [0.05, 0.1) is 10.4 Å². The minimum absolute atomic E-state index is 0.399. The predicted octanol–water partition coefficient (Wildman–Crippen LogP) is 2.96. The lowest BCUT2D eigenvalue weighted by Crippen LogP contribution is -2.44. The van der Waals surface area contributed by atoms with E-state index in [0.717, 1.165) is 19.7 Å². The second-order valence-corrected chi connectivity index (χ2v) is 7.14. The summed E-state index contributed by atoms with van der Waals surface area (Å²) in [6.45, 7) is 6.99. The first-order valence-corrected chi connectivity index (χ1v) is 7.85. The molecule has 0 aromatic carbocycles. The Morgan fingerprint density at radius 1 is 1.50 bits per heavy atom. The van der Waals surface area contributed by atoms with Gasteiger partial charge in [-0.3, -0.25) is 4.90 Å². The number of rotatable bonds is 8. The second kappa shape index (κ2) is 8.27. The minimum Gasteiger partial charge on any atom is -0.383 e. The number of halogens is 1. The van der Waals surface area contributed by atoms with E-state index in [0.29, 0.717) is 12.1 Å². The molecule has 1 aromatic heterocycles. The highest BCUT2D eigenvalue weighted by molar-refractivity contribution is 9.11. The summed E-state index contributed by atoms with van der Waals surface area (Å²) < 4.78 is 6.50. The molecule has 0 aliphatic rings. The number of nitrogens with zero attached hydrogens (tertiary/aromatic N) is 1. The van der Waals surface area contributed by atoms with Gasteiger partial charge in [-0.05, 0) is 40.0 Å². The van der Waals surface area contributed by atoms with E-state index < -0.39 is 0 Å². The number of nitrogens with one attached hydrogen (secondary N) is 1. The zero-order valence-corrected chi connectivity index (χ0v) is 14.0. The van der Waals surface area contributed by atoms with Crippen LogP contribution >= 0.6 is 27.3 Å². The Kier molecular flexibility index (Phi) is 7.41. The van der Waals surface area contributed by atoms with Crippen molar-refractivity contribution in [3.05, 3.63) is 20.8 Å². The molecule has 5 heteroatoms. The molecule has 3 nitrogen and oxygen atoms in total. The van der Waals surface area contributed by atoms with E-state index >= 15 is 0 Å². The molecule has 0 aliphatic heterocycles. The smallest absolute Gasteiger partial charge is 0.0701 e.